The van der Waals surface area contributed by atoms with Crippen molar-refractivity contribution in [2.75, 3.05) is 25.1 Å². The van der Waals surface area contributed by atoms with Gasteiger partial charge in [0, 0.05) is 29.3 Å². The molecule has 1 fully saturated rings. The van der Waals surface area contributed by atoms with Gasteiger partial charge in [0.15, 0.2) is 5.96 Å². The summed E-state index contributed by atoms with van der Waals surface area (Å²) in [4.78, 5) is 4.61. The highest BCUT2D eigenvalue weighted by Gasteiger charge is 2.34. The van der Waals surface area contributed by atoms with Gasteiger partial charge in [-0.3, -0.25) is 4.99 Å². The van der Waals surface area contributed by atoms with Crippen LogP contribution in [0.25, 0.3) is 0 Å². The van der Waals surface area contributed by atoms with Crippen LogP contribution in [0.4, 0.5) is 5.69 Å². The average molecular weight is 344 g/mol. The molecule has 0 saturated carbocycles. The van der Waals surface area contributed by atoms with Gasteiger partial charge in [0.1, 0.15) is 0 Å². The van der Waals surface area contributed by atoms with Crippen LogP contribution in [0, 0.1) is 0 Å². The van der Waals surface area contributed by atoms with Crippen LogP contribution in [0.3, 0.4) is 0 Å². The van der Waals surface area contributed by atoms with Crippen molar-refractivity contribution in [3.05, 3.63) is 65.2 Å². The Kier molecular flexibility index (Phi) is 5.38. The van der Waals surface area contributed by atoms with E-state index >= 15 is 0 Å². The molecule has 4 nitrogen and oxygen atoms in total. The molecule has 24 heavy (non-hydrogen) atoms. The number of rotatable bonds is 4. The summed E-state index contributed by atoms with van der Waals surface area (Å²) >= 11 is 6.19. The maximum Gasteiger partial charge on any atom is 0.193 e. The lowest BCUT2D eigenvalue weighted by Crippen LogP contribution is -2.38. The molecule has 0 aliphatic carbocycles. The first-order chi connectivity index (χ1) is 11.7. The Morgan fingerprint density at radius 1 is 1.12 bits per heavy atom. The number of nitrogens with zero attached hydrogens (tertiary/aromatic N) is 1. The third kappa shape index (κ3) is 4.08. The molecule has 3 N–H and O–H groups in total. The maximum absolute atomic E-state index is 6.19. The Labute approximate surface area is 147 Å². The van der Waals surface area contributed by atoms with Gasteiger partial charge in [-0.25, -0.2) is 0 Å². The average Bonchev–Trinajstić information content (AvgIpc) is 2.62. The molecular weight excluding hydrogens is 322 g/mol. The van der Waals surface area contributed by atoms with Crippen LogP contribution in [0.15, 0.2) is 59.6 Å². The van der Waals surface area contributed by atoms with Crippen molar-refractivity contribution in [1.29, 1.82) is 0 Å². The monoisotopic (exact) mass is 343 g/mol. The second-order valence-electron chi connectivity index (χ2n) is 6.10. The van der Waals surface area contributed by atoms with E-state index < -0.39 is 0 Å². The lowest BCUT2D eigenvalue weighted by Gasteiger charge is -2.36. The van der Waals surface area contributed by atoms with Gasteiger partial charge in [-0.1, -0.05) is 41.9 Å². The number of halogens is 1. The highest BCUT2D eigenvalue weighted by Crippen LogP contribution is 2.36. The predicted molar refractivity (Wildman–Crippen MR) is 99.7 cm³/mol. The summed E-state index contributed by atoms with van der Waals surface area (Å²) in [5, 5.41) is 3.88. The van der Waals surface area contributed by atoms with Gasteiger partial charge in [0.2, 0.25) is 0 Å². The summed E-state index contributed by atoms with van der Waals surface area (Å²) in [6, 6.07) is 17.8. The van der Waals surface area contributed by atoms with Crippen LogP contribution in [-0.2, 0) is 10.2 Å². The van der Waals surface area contributed by atoms with Crippen molar-refractivity contribution in [3.63, 3.8) is 0 Å². The van der Waals surface area contributed by atoms with Gasteiger partial charge in [-0.15, -0.1) is 0 Å². The third-order valence-corrected chi connectivity index (χ3v) is 4.72. The summed E-state index contributed by atoms with van der Waals surface area (Å²) in [5.41, 5.74) is 8.13. The molecule has 1 aliphatic rings. The van der Waals surface area contributed by atoms with Gasteiger partial charge in [-0.05, 0) is 42.7 Å². The number of nitrogens with one attached hydrogen (secondary N) is 1. The molecule has 2 aromatic rings. The topological polar surface area (TPSA) is 59.6 Å². The van der Waals surface area contributed by atoms with Gasteiger partial charge < -0.3 is 15.8 Å². The summed E-state index contributed by atoms with van der Waals surface area (Å²) in [5.74, 6) is 0.425. The summed E-state index contributed by atoms with van der Waals surface area (Å²) in [6.45, 7) is 2.07. The second kappa shape index (κ2) is 7.69. The molecule has 0 atom stereocenters. The van der Waals surface area contributed by atoms with Crippen molar-refractivity contribution in [2.24, 2.45) is 10.7 Å². The molecular formula is C19H22ClN3O. The number of ether oxygens (including phenoxy) is 1. The first-order valence-corrected chi connectivity index (χ1v) is 8.52. The Hall–Kier alpha value is -2.04. The normalized spacial score (nSPS) is 17.5. The zero-order valence-corrected chi connectivity index (χ0v) is 14.3. The van der Waals surface area contributed by atoms with Crippen molar-refractivity contribution >= 4 is 23.2 Å². The number of para-hydroxylation sites is 1. The number of aliphatic imine (C=N–C) groups is 1. The summed E-state index contributed by atoms with van der Waals surface area (Å²) in [6.07, 6.45) is 1.82. The molecule has 0 aromatic heterocycles. The van der Waals surface area contributed by atoms with Crippen LogP contribution >= 0.6 is 11.6 Å². The molecule has 5 heteroatoms. The van der Waals surface area contributed by atoms with Gasteiger partial charge in [0.25, 0.3) is 0 Å². The quantitative estimate of drug-likeness (QED) is 0.655. The van der Waals surface area contributed by atoms with Crippen LogP contribution in [-0.4, -0.2) is 25.7 Å². The van der Waals surface area contributed by atoms with E-state index in [9.17, 15) is 0 Å². The number of hydrogen-bond donors (Lipinski definition) is 2. The van der Waals surface area contributed by atoms with E-state index in [0.29, 0.717) is 12.5 Å². The minimum Gasteiger partial charge on any atom is -0.381 e. The van der Waals surface area contributed by atoms with E-state index in [1.807, 2.05) is 48.5 Å². The van der Waals surface area contributed by atoms with Crippen molar-refractivity contribution in [1.82, 2.24) is 0 Å². The Bertz CT molecular complexity index is 697. The van der Waals surface area contributed by atoms with Crippen LogP contribution in [0.5, 0.6) is 0 Å². The van der Waals surface area contributed by atoms with Crippen molar-refractivity contribution < 1.29 is 4.74 Å². The van der Waals surface area contributed by atoms with E-state index in [4.69, 9.17) is 22.1 Å². The fourth-order valence-electron chi connectivity index (χ4n) is 3.06. The Balaban J connectivity index is 1.78. The molecule has 0 radical (unpaired) electrons. The molecule has 1 saturated heterocycles. The molecule has 1 aliphatic heterocycles. The van der Waals surface area contributed by atoms with Crippen molar-refractivity contribution in [2.45, 2.75) is 18.3 Å². The molecule has 126 valence electrons. The van der Waals surface area contributed by atoms with Gasteiger partial charge >= 0.3 is 0 Å². The van der Waals surface area contributed by atoms with E-state index in [2.05, 4.69) is 16.4 Å². The fourth-order valence-corrected chi connectivity index (χ4v) is 3.25. The molecule has 1 heterocycles. The summed E-state index contributed by atoms with van der Waals surface area (Å²) in [7, 11) is 0. The first kappa shape index (κ1) is 16.8. The van der Waals surface area contributed by atoms with Gasteiger partial charge in [-0.2, -0.15) is 0 Å². The minimum absolute atomic E-state index is 0.0772. The second-order valence-corrected chi connectivity index (χ2v) is 6.53. The fraction of sp³-hybridized carbons (Fsp3) is 0.316. The number of hydrogen-bond acceptors (Lipinski definition) is 2. The van der Waals surface area contributed by atoms with E-state index in [-0.39, 0.29) is 5.41 Å². The van der Waals surface area contributed by atoms with E-state index in [1.165, 1.54) is 5.56 Å². The largest absolute Gasteiger partial charge is 0.381 e. The number of nitrogens with two attached hydrogens (primary N) is 1. The van der Waals surface area contributed by atoms with Crippen LogP contribution < -0.4 is 11.1 Å². The number of benzene rings is 2. The third-order valence-electron chi connectivity index (χ3n) is 4.49. The molecule has 0 unspecified atom stereocenters. The number of guanidine groups is 1. The molecule has 0 spiro atoms. The van der Waals surface area contributed by atoms with E-state index in [1.54, 1.807) is 0 Å². The highest BCUT2D eigenvalue weighted by molar-refractivity contribution is 6.30. The van der Waals surface area contributed by atoms with E-state index in [0.717, 1.165) is 36.8 Å². The summed E-state index contributed by atoms with van der Waals surface area (Å²) < 4.78 is 5.55. The van der Waals surface area contributed by atoms with Crippen LogP contribution in [0.1, 0.15) is 18.4 Å². The lowest BCUT2D eigenvalue weighted by atomic mass is 9.74. The minimum atomic E-state index is -0.0772. The molecule has 3 rings (SSSR count). The zero-order chi connectivity index (χ0) is 16.8. The molecule has 0 amide bonds. The van der Waals surface area contributed by atoms with Crippen LogP contribution in [0.2, 0.25) is 5.02 Å². The Morgan fingerprint density at radius 2 is 1.88 bits per heavy atom. The zero-order valence-electron chi connectivity index (χ0n) is 13.5. The predicted octanol–water partition coefficient (Wildman–Crippen LogP) is 3.82. The molecule has 0 bridgehead atoms. The lowest BCUT2D eigenvalue weighted by molar-refractivity contribution is 0.0531. The number of anilines is 1. The maximum atomic E-state index is 6.19. The Morgan fingerprint density at radius 3 is 2.58 bits per heavy atom. The smallest absolute Gasteiger partial charge is 0.193 e. The molecule has 2 aromatic carbocycles. The van der Waals surface area contributed by atoms with Gasteiger partial charge in [0.05, 0.1) is 6.54 Å². The standard InChI is InChI=1S/C19H22ClN3O/c20-16-6-4-5-15(13-16)19(9-11-24-12-10-19)14-22-18(21)23-17-7-2-1-3-8-17/h1-8,13H,9-12,14H2,(H3,21,22,23). The first-order valence-electron chi connectivity index (χ1n) is 8.14. The SMILES string of the molecule is NC(=NCC1(c2cccc(Cl)c2)CCOCC1)Nc1ccccc1. The van der Waals surface area contributed by atoms with Crippen molar-refractivity contribution in [3.8, 4) is 0 Å². The highest BCUT2D eigenvalue weighted by atomic mass is 35.5.